The Hall–Kier alpha value is -2.74. The molecule has 0 bridgehead atoms. The molecule has 0 saturated carbocycles. The molecule has 0 aromatic carbocycles. The second kappa shape index (κ2) is 6.66. The number of ether oxygens (including phenoxy) is 4. The van der Waals surface area contributed by atoms with Crippen LogP contribution in [0, 0.1) is 17.2 Å². The van der Waals surface area contributed by atoms with Gasteiger partial charge in [0.1, 0.15) is 42.8 Å². The van der Waals surface area contributed by atoms with Crippen LogP contribution in [-0.2, 0) is 29.3 Å². The number of carbonyl (C=O) groups is 1. The fourth-order valence-electron chi connectivity index (χ4n) is 3.80. The molecule has 2 saturated heterocycles. The molecule has 2 aromatic rings. The van der Waals surface area contributed by atoms with Crippen LogP contribution in [0.1, 0.15) is 33.4 Å². The highest BCUT2D eigenvalue weighted by atomic mass is 16.8. The molecular formula is C19H23N5O5. The zero-order chi connectivity index (χ0) is 21.0. The van der Waals surface area contributed by atoms with Gasteiger partial charge >= 0.3 is 5.97 Å². The van der Waals surface area contributed by atoms with Crippen molar-refractivity contribution in [3.05, 3.63) is 24.2 Å². The van der Waals surface area contributed by atoms with Crippen LogP contribution in [0.3, 0.4) is 0 Å². The van der Waals surface area contributed by atoms with Gasteiger partial charge in [-0.2, -0.15) is 10.4 Å². The molecular weight excluding hydrogens is 378 g/mol. The van der Waals surface area contributed by atoms with Crippen molar-refractivity contribution < 1.29 is 23.7 Å². The first-order chi connectivity index (χ1) is 13.7. The molecule has 0 spiro atoms. The predicted molar refractivity (Wildman–Crippen MR) is 99.2 cm³/mol. The Kier molecular flexibility index (Phi) is 4.49. The molecule has 10 nitrogen and oxygen atoms in total. The van der Waals surface area contributed by atoms with E-state index in [1.54, 1.807) is 39.8 Å². The number of carbonyl (C=O) groups excluding carboxylic acids is 1. The molecule has 0 radical (unpaired) electrons. The normalized spacial score (nSPS) is 30.4. The number of rotatable bonds is 4. The molecule has 4 atom stereocenters. The average molecular weight is 401 g/mol. The summed E-state index contributed by atoms with van der Waals surface area (Å²) in [5.41, 5.74) is 5.39. The standard InChI is InChI=1S/C19H23N5O5/c1-10(2)17(25)26-7-12-14-15(29-18(3,4)28-14)19(8-20,27-12)13-6-5-11-16(21)22-9-23-24(11)13/h5-6,9-10,12,14-15H,7H2,1-4H3,(H2,21,22,23)/t12-,14-,15-,19+/m1/s1. The van der Waals surface area contributed by atoms with Gasteiger partial charge < -0.3 is 24.7 Å². The van der Waals surface area contributed by atoms with Crippen molar-refractivity contribution in [2.75, 3.05) is 12.3 Å². The zero-order valence-electron chi connectivity index (χ0n) is 16.7. The van der Waals surface area contributed by atoms with Crippen LogP contribution in [0.2, 0.25) is 0 Å². The maximum absolute atomic E-state index is 11.9. The average Bonchev–Trinajstić information content (AvgIpc) is 3.31. The lowest BCUT2D eigenvalue weighted by molar-refractivity contribution is -0.207. The van der Waals surface area contributed by atoms with Gasteiger partial charge in [-0.1, -0.05) is 13.8 Å². The van der Waals surface area contributed by atoms with E-state index in [0.29, 0.717) is 11.2 Å². The number of nitrogens with two attached hydrogens (primary N) is 1. The summed E-state index contributed by atoms with van der Waals surface area (Å²) in [6.07, 6.45) is -0.732. The molecule has 0 amide bonds. The van der Waals surface area contributed by atoms with Gasteiger partial charge in [0.05, 0.1) is 11.6 Å². The summed E-state index contributed by atoms with van der Waals surface area (Å²) in [5, 5.41) is 14.4. The molecule has 2 aliphatic rings. The van der Waals surface area contributed by atoms with E-state index >= 15 is 0 Å². The highest BCUT2D eigenvalue weighted by molar-refractivity contribution is 5.71. The van der Waals surface area contributed by atoms with Gasteiger partial charge in [-0.25, -0.2) is 9.50 Å². The molecule has 4 heterocycles. The van der Waals surface area contributed by atoms with Gasteiger partial charge in [-0.15, -0.1) is 0 Å². The predicted octanol–water partition coefficient (Wildman–Crippen LogP) is 1.15. The van der Waals surface area contributed by atoms with Gasteiger partial charge in [0.2, 0.25) is 5.60 Å². The molecule has 29 heavy (non-hydrogen) atoms. The first-order valence-corrected chi connectivity index (χ1v) is 9.38. The number of aromatic nitrogens is 3. The maximum atomic E-state index is 11.9. The minimum atomic E-state index is -1.53. The fraction of sp³-hybridized carbons (Fsp3) is 0.579. The summed E-state index contributed by atoms with van der Waals surface area (Å²) in [7, 11) is 0. The first-order valence-electron chi connectivity index (χ1n) is 9.38. The Morgan fingerprint density at radius 1 is 1.38 bits per heavy atom. The van der Waals surface area contributed by atoms with Crippen molar-refractivity contribution in [3.8, 4) is 6.07 Å². The molecule has 0 aliphatic carbocycles. The number of nitrogens with zero attached hydrogens (tertiary/aromatic N) is 4. The Morgan fingerprint density at radius 2 is 2.14 bits per heavy atom. The molecule has 4 rings (SSSR count). The van der Waals surface area contributed by atoms with Crippen LogP contribution in [0.15, 0.2) is 18.5 Å². The number of esters is 1. The molecule has 2 fully saturated rings. The Balaban J connectivity index is 1.75. The quantitative estimate of drug-likeness (QED) is 0.749. The maximum Gasteiger partial charge on any atom is 0.308 e. The van der Waals surface area contributed by atoms with E-state index in [0.717, 1.165) is 0 Å². The van der Waals surface area contributed by atoms with Crippen molar-refractivity contribution in [2.24, 2.45) is 5.92 Å². The lowest BCUT2D eigenvalue weighted by atomic mass is 9.92. The second-order valence-corrected chi connectivity index (χ2v) is 7.97. The van der Waals surface area contributed by atoms with Gasteiger partial charge in [-0.3, -0.25) is 4.79 Å². The van der Waals surface area contributed by atoms with E-state index in [1.165, 1.54) is 10.8 Å². The first kappa shape index (κ1) is 19.6. The van der Waals surface area contributed by atoms with E-state index < -0.39 is 29.7 Å². The van der Waals surface area contributed by atoms with Crippen molar-refractivity contribution >= 4 is 17.3 Å². The van der Waals surface area contributed by atoms with Crippen LogP contribution >= 0.6 is 0 Å². The van der Waals surface area contributed by atoms with Crippen LogP contribution in [0.25, 0.3) is 5.52 Å². The molecule has 2 aliphatic heterocycles. The topological polar surface area (TPSA) is 134 Å². The second-order valence-electron chi connectivity index (χ2n) is 7.97. The minimum Gasteiger partial charge on any atom is -0.463 e. The molecule has 0 unspecified atom stereocenters. The number of hydrogen-bond acceptors (Lipinski definition) is 9. The lowest BCUT2D eigenvalue weighted by Crippen LogP contribution is -2.40. The minimum absolute atomic E-state index is 0.0541. The number of nitriles is 1. The Labute approximate surface area is 167 Å². The van der Waals surface area contributed by atoms with Crippen LogP contribution < -0.4 is 5.73 Å². The Bertz CT molecular complexity index is 997. The zero-order valence-corrected chi connectivity index (χ0v) is 16.7. The van der Waals surface area contributed by atoms with E-state index in [2.05, 4.69) is 16.2 Å². The van der Waals surface area contributed by atoms with Crippen LogP contribution in [0.4, 0.5) is 5.82 Å². The van der Waals surface area contributed by atoms with E-state index in [9.17, 15) is 10.1 Å². The third-order valence-corrected chi connectivity index (χ3v) is 5.12. The summed E-state index contributed by atoms with van der Waals surface area (Å²) in [4.78, 5) is 15.9. The van der Waals surface area contributed by atoms with Gasteiger partial charge in [-0.05, 0) is 26.0 Å². The van der Waals surface area contributed by atoms with E-state index in [4.69, 9.17) is 24.7 Å². The number of fused-ring (bicyclic) bond motifs is 2. The van der Waals surface area contributed by atoms with Gasteiger partial charge in [0.25, 0.3) is 0 Å². The molecule has 2 aromatic heterocycles. The number of nitrogen functional groups attached to an aromatic ring is 1. The molecule has 154 valence electrons. The SMILES string of the molecule is CC(C)C(=O)OC[C@H]1O[C@@](C#N)(c2ccc3c(N)ncnn23)[C@@H]2OC(C)(C)O[C@@H]21. The van der Waals surface area contributed by atoms with Crippen LogP contribution in [0.5, 0.6) is 0 Å². The fourth-order valence-corrected chi connectivity index (χ4v) is 3.80. The van der Waals surface area contributed by atoms with Crippen molar-refractivity contribution in [3.63, 3.8) is 0 Å². The molecule has 2 N–H and O–H groups in total. The largest absolute Gasteiger partial charge is 0.463 e. The van der Waals surface area contributed by atoms with E-state index in [1.807, 2.05) is 0 Å². The van der Waals surface area contributed by atoms with Crippen LogP contribution in [-0.4, -0.2) is 51.3 Å². The van der Waals surface area contributed by atoms with Crippen molar-refractivity contribution in [1.82, 2.24) is 14.6 Å². The monoisotopic (exact) mass is 401 g/mol. The third-order valence-electron chi connectivity index (χ3n) is 5.12. The van der Waals surface area contributed by atoms with Gasteiger partial charge in [0.15, 0.2) is 11.6 Å². The molecule has 10 heteroatoms. The van der Waals surface area contributed by atoms with Crippen molar-refractivity contribution in [2.45, 2.75) is 57.4 Å². The Morgan fingerprint density at radius 3 is 2.83 bits per heavy atom. The van der Waals surface area contributed by atoms with E-state index in [-0.39, 0.29) is 24.3 Å². The summed E-state index contributed by atoms with van der Waals surface area (Å²) in [6, 6.07) is 5.67. The lowest BCUT2D eigenvalue weighted by Gasteiger charge is -2.29. The highest BCUT2D eigenvalue weighted by Crippen LogP contribution is 2.49. The van der Waals surface area contributed by atoms with Crippen molar-refractivity contribution in [1.29, 1.82) is 5.26 Å². The smallest absolute Gasteiger partial charge is 0.308 e. The summed E-state index contributed by atoms with van der Waals surface area (Å²) in [6.45, 7) is 6.97. The summed E-state index contributed by atoms with van der Waals surface area (Å²) < 4.78 is 25.1. The third kappa shape index (κ3) is 3.02. The number of anilines is 1. The van der Waals surface area contributed by atoms with Gasteiger partial charge in [0, 0.05) is 0 Å². The summed E-state index contributed by atoms with van der Waals surface area (Å²) >= 11 is 0. The highest BCUT2D eigenvalue weighted by Gasteiger charge is 2.65. The summed E-state index contributed by atoms with van der Waals surface area (Å²) in [5.74, 6) is -1.28. The number of hydrogen-bond donors (Lipinski definition) is 1.